The maximum atomic E-state index is 12.3. The number of nitrogens with one attached hydrogen (secondary N) is 2. The molecule has 1 aromatic rings. The van der Waals surface area contributed by atoms with E-state index in [1.54, 1.807) is 10.7 Å². The Balaban J connectivity index is 1.35. The lowest BCUT2D eigenvalue weighted by Gasteiger charge is -2.30. The van der Waals surface area contributed by atoms with Crippen LogP contribution in [0.3, 0.4) is 0 Å². The van der Waals surface area contributed by atoms with Gasteiger partial charge in [-0.1, -0.05) is 0 Å². The van der Waals surface area contributed by atoms with Crippen LogP contribution in [0.4, 0.5) is 0 Å². The zero-order valence-electron chi connectivity index (χ0n) is 14.3. The molecule has 2 amide bonds. The van der Waals surface area contributed by atoms with E-state index in [1.165, 1.54) is 0 Å². The lowest BCUT2D eigenvalue weighted by Crippen LogP contribution is -2.47. The van der Waals surface area contributed by atoms with Gasteiger partial charge in [-0.2, -0.15) is 5.10 Å². The molecule has 134 valence electrons. The summed E-state index contributed by atoms with van der Waals surface area (Å²) in [5, 5.41) is 10.4. The Morgan fingerprint density at radius 1 is 1.12 bits per heavy atom. The highest BCUT2D eigenvalue weighted by molar-refractivity contribution is 5.90. The van der Waals surface area contributed by atoms with Gasteiger partial charge in [-0.25, -0.2) is 4.68 Å². The van der Waals surface area contributed by atoms with Crippen LogP contribution in [0.1, 0.15) is 62.2 Å². The van der Waals surface area contributed by atoms with Gasteiger partial charge in [-0.05, 0) is 56.9 Å². The maximum Gasteiger partial charge on any atom is 0.267 e. The molecule has 4 rings (SSSR count). The molecule has 2 fully saturated rings. The molecule has 0 aromatic carbocycles. The summed E-state index contributed by atoms with van der Waals surface area (Å²) >= 11 is 0. The summed E-state index contributed by atoms with van der Waals surface area (Å²) in [6, 6.07) is 1.61. The molecule has 7 heteroatoms. The SMILES string of the molecule is O=C1CCC(C(=O)NC2CCC(n3nc4c(cc3=O)CCC4)CC2)N1. The minimum Gasteiger partial charge on any atom is -0.352 e. The Labute approximate surface area is 146 Å². The van der Waals surface area contributed by atoms with Crippen molar-refractivity contribution >= 4 is 11.8 Å². The first-order valence-corrected chi connectivity index (χ1v) is 9.31. The van der Waals surface area contributed by atoms with Crippen LogP contribution in [0.15, 0.2) is 10.9 Å². The predicted octanol–water partition coefficient (Wildman–Crippen LogP) is 0.610. The van der Waals surface area contributed by atoms with Crippen LogP contribution in [-0.2, 0) is 22.4 Å². The number of fused-ring (bicyclic) bond motifs is 1. The third-order valence-electron chi connectivity index (χ3n) is 5.68. The van der Waals surface area contributed by atoms with E-state index in [-0.39, 0.29) is 35.5 Å². The number of aryl methyl sites for hydroxylation is 2. The number of rotatable bonds is 3. The Kier molecular flexibility index (Phi) is 4.31. The van der Waals surface area contributed by atoms with Gasteiger partial charge < -0.3 is 10.6 Å². The molecule has 2 N–H and O–H groups in total. The van der Waals surface area contributed by atoms with Crippen molar-refractivity contribution in [2.45, 2.75) is 75.9 Å². The van der Waals surface area contributed by atoms with Gasteiger partial charge >= 0.3 is 0 Å². The molecule has 2 heterocycles. The summed E-state index contributed by atoms with van der Waals surface area (Å²) in [5.74, 6) is -0.131. The average Bonchev–Trinajstić information content (AvgIpc) is 3.23. The van der Waals surface area contributed by atoms with E-state index in [1.807, 2.05) is 0 Å². The van der Waals surface area contributed by atoms with Crippen molar-refractivity contribution in [3.63, 3.8) is 0 Å². The number of hydrogen-bond acceptors (Lipinski definition) is 4. The van der Waals surface area contributed by atoms with E-state index >= 15 is 0 Å². The van der Waals surface area contributed by atoms with Gasteiger partial charge in [0.05, 0.1) is 11.7 Å². The van der Waals surface area contributed by atoms with Crippen molar-refractivity contribution < 1.29 is 9.59 Å². The highest BCUT2D eigenvalue weighted by Crippen LogP contribution is 2.28. The molecule has 1 saturated carbocycles. The molecule has 0 radical (unpaired) electrons. The van der Waals surface area contributed by atoms with Gasteiger partial charge in [0.2, 0.25) is 11.8 Å². The van der Waals surface area contributed by atoms with Gasteiger partial charge in [0.15, 0.2) is 0 Å². The molecule has 1 aromatic heterocycles. The van der Waals surface area contributed by atoms with Crippen LogP contribution in [0.5, 0.6) is 0 Å². The number of carbonyl (C=O) groups is 2. The fraction of sp³-hybridized carbons (Fsp3) is 0.667. The molecular formula is C18H24N4O3. The summed E-state index contributed by atoms with van der Waals surface area (Å²) in [5.41, 5.74) is 2.19. The molecule has 1 unspecified atom stereocenters. The van der Waals surface area contributed by atoms with E-state index < -0.39 is 0 Å². The lowest BCUT2D eigenvalue weighted by molar-refractivity contribution is -0.126. The normalized spacial score (nSPS) is 28.5. The van der Waals surface area contributed by atoms with Crippen LogP contribution >= 0.6 is 0 Å². The maximum absolute atomic E-state index is 12.3. The van der Waals surface area contributed by atoms with Crippen LogP contribution in [0, 0.1) is 0 Å². The standard InChI is InChI=1S/C18H24N4O3/c23-16-9-8-15(20-16)18(25)19-12-4-6-13(7-5-12)22-17(24)10-11-2-1-3-14(11)21-22/h10,12-13,15H,1-9H2,(H,19,25)(H,20,23). The van der Waals surface area contributed by atoms with Gasteiger partial charge in [0, 0.05) is 18.5 Å². The second-order valence-electron chi connectivity index (χ2n) is 7.43. The second-order valence-corrected chi connectivity index (χ2v) is 7.43. The number of aromatic nitrogens is 2. The van der Waals surface area contributed by atoms with E-state index in [9.17, 15) is 14.4 Å². The smallest absolute Gasteiger partial charge is 0.267 e. The number of hydrogen-bond donors (Lipinski definition) is 2. The van der Waals surface area contributed by atoms with Crippen molar-refractivity contribution in [3.8, 4) is 0 Å². The second kappa shape index (κ2) is 6.61. The average molecular weight is 344 g/mol. The first kappa shape index (κ1) is 16.3. The summed E-state index contributed by atoms with van der Waals surface area (Å²) in [4.78, 5) is 35.8. The van der Waals surface area contributed by atoms with Crippen LogP contribution < -0.4 is 16.2 Å². The molecular weight excluding hydrogens is 320 g/mol. The minimum absolute atomic E-state index is 0.00167. The van der Waals surface area contributed by atoms with Crippen LogP contribution in [0.25, 0.3) is 0 Å². The zero-order chi connectivity index (χ0) is 17.4. The molecule has 1 aliphatic heterocycles. The van der Waals surface area contributed by atoms with E-state index in [4.69, 9.17) is 0 Å². The van der Waals surface area contributed by atoms with Gasteiger partial charge in [-0.3, -0.25) is 14.4 Å². The highest BCUT2D eigenvalue weighted by Gasteiger charge is 2.31. The van der Waals surface area contributed by atoms with Crippen molar-refractivity contribution in [2.75, 3.05) is 0 Å². The fourth-order valence-electron chi connectivity index (χ4n) is 4.25. The van der Waals surface area contributed by atoms with Crippen LogP contribution in [0.2, 0.25) is 0 Å². The third kappa shape index (κ3) is 3.32. The quantitative estimate of drug-likeness (QED) is 0.840. The van der Waals surface area contributed by atoms with E-state index in [0.29, 0.717) is 12.8 Å². The molecule has 25 heavy (non-hydrogen) atoms. The largest absolute Gasteiger partial charge is 0.352 e. The summed E-state index contributed by atoms with van der Waals surface area (Å²) < 4.78 is 1.67. The Morgan fingerprint density at radius 3 is 2.64 bits per heavy atom. The molecule has 1 atom stereocenters. The minimum atomic E-state index is -0.383. The number of carbonyl (C=O) groups excluding carboxylic acids is 2. The third-order valence-corrected chi connectivity index (χ3v) is 5.68. The summed E-state index contributed by atoms with van der Waals surface area (Å²) in [6.45, 7) is 0. The zero-order valence-corrected chi connectivity index (χ0v) is 14.3. The topological polar surface area (TPSA) is 93.1 Å². The van der Waals surface area contributed by atoms with Crippen molar-refractivity contribution in [1.82, 2.24) is 20.4 Å². The Bertz CT molecular complexity index is 749. The first-order valence-electron chi connectivity index (χ1n) is 9.31. The summed E-state index contributed by atoms with van der Waals surface area (Å²) in [7, 11) is 0. The molecule has 0 spiro atoms. The molecule has 2 aliphatic carbocycles. The molecule has 1 saturated heterocycles. The van der Waals surface area contributed by atoms with E-state index in [0.717, 1.165) is 56.2 Å². The van der Waals surface area contributed by atoms with Gasteiger partial charge in [0.25, 0.3) is 5.56 Å². The van der Waals surface area contributed by atoms with Crippen LogP contribution in [-0.4, -0.2) is 33.7 Å². The summed E-state index contributed by atoms with van der Waals surface area (Å²) in [6.07, 6.45) is 7.38. The number of nitrogens with zero attached hydrogens (tertiary/aromatic N) is 2. The fourth-order valence-corrected chi connectivity index (χ4v) is 4.25. The Hall–Kier alpha value is -2.18. The number of amides is 2. The van der Waals surface area contributed by atoms with Crippen molar-refractivity contribution in [3.05, 3.63) is 27.7 Å². The predicted molar refractivity (Wildman–Crippen MR) is 91.1 cm³/mol. The van der Waals surface area contributed by atoms with E-state index in [2.05, 4.69) is 15.7 Å². The molecule has 0 bridgehead atoms. The van der Waals surface area contributed by atoms with Crippen molar-refractivity contribution in [1.29, 1.82) is 0 Å². The van der Waals surface area contributed by atoms with Gasteiger partial charge in [0.1, 0.15) is 6.04 Å². The monoisotopic (exact) mass is 344 g/mol. The van der Waals surface area contributed by atoms with Crippen molar-refractivity contribution in [2.24, 2.45) is 0 Å². The lowest BCUT2D eigenvalue weighted by atomic mass is 9.91. The molecule has 3 aliphatic rings. The van der Waals surface area contributed by atoms with Gasteiger partial charge in [-0.15, -0.1) is 0 Å². The highest BCUT2D eigenvalue weighted by atomic mass is 16.2. The first-order chi connectivity index (χ1) is 12.1. The Morgan fingerprint density at radius 2 is 1.92 bits per heavy atom. The molecule has 7 nitrogen and oxygen atoms in total.